The van der Waals surface area contributed by atoms with Crippen molar-refractivity contribution in [3.05, 3.63) is 71.9 Å². The summed E-state index contributed by atoms with van der Waals surface area (Å²) in [4.78, 5) is 12.8. The second kappa shape index (κ2) is 7.31. The van der Waals surface area contributed by atoms with E-state index in [9.17, 15) is 9.90 Å². The van der Waals surface area contributed by atoms with Gasteiger partial charge in [-0.05, 0) is 41.5 Å². The molecule has 4 heterocycles. The molecule has 172 valence electrons. The molecule has 3 aromatic heterocycles. The molecule has 0 atom stereocenters. The normalized spacial score (nSPS) is 12.8. The first-order chi connectivity index (χ1) is 17.1. The average Bonchev–Trinajstić information content (AvgIpc) is 3.63. The number of benzene rings is 3. The van der Waals surface area contributed by atoms with Crippen molar-refractivity contribution in [2.75, 3.05) is 6.79 Å². The summed E-state index contributed by atoms with van der Waals surface area (Å²) < 4.78 is 23.7. The topological polar surface area (TPSA) is 91.4 Å². The summed E-state index contributed by atoms with van der Waals surface area (Å²) in [7, 11) is 1.98. The first kappa shape index (κ1) is 20.0. The average molecular weight is 483 g/mol. The Bertz CT molecular complexity index is 1810. The maximum Gasteiger partial charge on any atom is 0.353 e. The first-order valence-electron chi connectivity index (χ1n) is 11.0. The fourth-order valence-corrected chi connectivity index (χ4v) is 5.62. The number of rotatable bonds is 4. The van der Waals surface area contributed by atoms with E-state index >= 15 is 0 Å². The maximum absolute atomic E-state index is 12.8. The Morgan fingerprint density at radius 1 is 1.00 bits per heavy atom. The highest BCUT2D eigenvalue weighted by Crippen LogP contribution is 2.43. The van der Waals surface area contributed by atoms with Gasteiger partial charge in [0.05, 0.1) is 28.3 Å². The molecule has 0 bridgehead atoms. The monoisotopic (exact) mass is 482 g/mol. The van der Waals surface area contributed by atoms with Crippen molar-refractivity contribution < 1.29 is 19.4 Å². The number of nitrogens with zero attached hydrogens (tertiary/aromatic N) is 4. The zero-order chi connectivity index (χ0) is 23.7. The van der Waals surface area contributed by atoms with E-state index in [1.54, 1.807) is 0 Å². The van der Waals surface area contributed by atoms with E-state index in [2.05, 4.69) is 19.4 Å². The molecule has 7 rings (SSSR count). The van der Waals surface area contributed by atoms with Crippen LogP contribution in [0, 0.1) is 0 Å². The van der Waals surface area contributed by atoms with E-state index < -0.39 is 5.97 Å². The third-order valence-corrected chi connectivity index (χ3v) is 7.17. The molecule has 0 spiro atoms. The molecular weight excluding hydrogens is 464 g/mol. The van der Waals surface area contributed by atoms with Crippen molar-refractivity contribution in [1.82, 2.24) is 17.9 Å². The van der Waals surface area contributed by atoms with Gasteiger partial charge in [0.2, 0.25) is 6.79 Å². The number of ether oxygens (including phenoxy) is 2. The molecule has 9 heteroatoms. The largest absolute Gasteiger partial charge is 0.477 e. The summed E-state index contributed by atoms with van der Waals surface area (Å²) in [5.74, 6) is 0.276. The Kier molecular flexibility index (Phi) is 4.19. The third-order valence-electron chi connectivity index (χ3n) is 6.62. The van der Waals surface area contributed by atoms with Gasteiger partial charge in [-0.2, -0.15) is 8.75 Å². The van der Waals surface area contributed by atoms with Crippen LogP contribution in [0.4, 0.5) is 0 Å². The highest BCUT2D eigenvalue weighted by atomic mass is 32.1. The molecule has 0 unspecified atom stereocenters. The minimum absolute atomic E-state index is 0.156. The van der Waals surface area contributed by atoms with Gasteiger partial charge in [-0.1, -0.05) is 30.3 Å². The van der Waals surface area contributed by atoms with Gasteiger partial charge in [-0.25, -0.2) is 4.79 Å². The van der Waals surface area contributed by atoms with Crippen LogP contribution in [0.15, 0.2) is 60.7 Å². The summed E-state index contributed by atoms with van der Waals surface area (Å²) in [5, 5.41) is 11.5. The summed E-state index contributed by atoms with van der Waals surface area (Å²) in [5.41, 5.74) is 7.01. The van der Waals surface area contributed by atoms with Crippen molar-refractivity contribution >= 4 is 50.7 Å². The number of carbonyl (C=O) groups is 1. The van der Waals surface area contributed by atoms with Crippen molar-refractivity contribution in [3.8, 4) is 22.6 Å². The number of aryl methyl sites for hydroxylation is 1. The molecular formula is C26H18N4O4S. The van der Waals surface area contributed by atoms with Gasteiger partial charge >= 0.3 is 5.97 Å². The molecule has 0 amide bonds. The summed E-state index contributed by atoms with van der Waals surface area (Å²) in [6.07, 6.45) is 0. The highest BCUT2D eigenvalue weighted by Gasteiger charge is 2.29. The zero-order valence-electron chi connectivity index (χ0n) is 18.6. The van der Waals surface area contributed by atoms with Crippen LogP contribution in [0.3, 0.4) is 0 Å². The minimum Gasteiger partial charge on any atom is -0.477 e. The zero-order valence-corrected chi connectivity index (χ0v) is 19.4. The molecule has 3 aromatic carbocycles. The van der Waals surface area contributed by atoms with Gasteiger partial charge in [0.1, 0.15) is 16.7 Å². The van der Waals surface area contributed by atoms with Crippen LogP contribution in [-0.2, 0) is 13.6 Å². The molecule has 35 heavy (non-hydrogen) atoms. The fraction of sp³-hybridized carbons (Fsp3) is 0.115. The number of para-hydroxylation sites is 1. The number of aromatic carboxylic acids is 1. The molecule has 1 N–H and O–H groups in total. The second-order valence-corrected chi connectivity index (χ2v) is 9.07. The Morgan fingerprint density at radius 3 is 2.71 bits per heavy atom. The van der Waals surface area contributed by atoms with E-state index in [0.717, 1.165) is 44.1 Å². The van der Waals surface area contributed by atoms with Gasteiger partial charge < -0.3 is 23.7 Å². The van der Waals surface area contributed by atoms with Crippen molar-refractivity contribution in [2.45, 2.75) is 6.54 Å². The number of hydrogen-bond donors (Lipinski definition) is 1. The van der Waals surface area contributed by atoms with Gasteiger partial charge in [0.15, 0.2) is 11.5 Å². The first-order valence-corrected chi connectivity index (χ1v) is 11.8. The summed E-state index contributed by atoms with van der Waals surface area (Å²) in [6, 6.07) is 19.5. The number of carboxylic acids is 1. The van der Waals surface area contributed by atoms with Crippen molar-refractivity contribution in [2.24, 2.45) is 7.05 Å². The molecule has 0 radical (unpaired) electrons. The molecule has 1 aliphatic heterocycles. The van der Waals surface area contributed by atoms with Crippen LogP contribution >= 0.6 is 11.7 Å². The number of hydrogen-bond acceptors (Lipinski definition) is 6. The lowest BCUT2D eigenvalue weighted by atomic mass is 10.0. The van der Waals surface area contributed by atoms with E-state index in [4.69, 9.17) is 9.47 Å². The van der Waals surface area contributed by atoms with E-state index in [-0.39, 0.29) is 12.5 Å². The maximum atomic E-state index is 12.8. The number of aromatic nitrogens is 4. The Balaban J connectivity index is 1.56. The van der Waals surface area contributed by atoms with Crippen LogP contribution in [0.1, 0.15) is 16.1 Å². The Morgan fingerprint density at radius 2 is 1.83 bits per heavy atom. The van der Waals surface area contributed by atoms with Crippen LogP contribution in [0.25, 0.3) is 44.1 Å². The Labute approximate surface area is 202 Å². The van der Waals surface area contributed by atoms with E-state index in [1.165, 1.54) is 11.7 Å². The standard InChI is InChI=1S/C26H18N4O4S/c1-29-19-5-3-2-4-16(19)23-24(29)22(15-7-9-20-21(11-15)34-13-33-20)25(26(31)32)30(23)12-14-6-8-17-18(10-14)28-35-27-17/h2-11H,12-13H2,1H3,(H,31,32). The van der Waals surface area contributed by atoms with E-state index in [1.807, 2.05) is 66.2 Å². The molecule has 6 aromatic rings. The lowest BCUT2D eigenvalue weighted by Gasteiger charge is -2.11. The molecule has 1 aliphatic rings. The highest BCUT2D eigenvalue weighted by molar-refractivity contribution is 7.00. The van der Waals surface area contributed by atoms with Crippen LogP contribution in [0.5, 0.6) is 11.5 Å². The van der Waals surface area contributed by atoms with Gasteiger partial charge in [0.25, 0.3) is 0 Å². The van der Waals surface area contributed by atoms with Gasteiger partial charge in [-0.15, -0.1) is 0 Å². The predicted molar refractivity (Wildman–Crippen MR) is 133 cm³/mol. The molecule has 0 aliphatic carbocycles. The lowest BCUT2D eigenvalue weighted by Crippen LogP contribution is -2.11. The molecule has 0 saturated heterocycles. The minimum atomic E-state index is -0.991. The van der Waals surface area contributed by atoms with Gasteiger partial charge in [-0.3, -0.25) is 0 Å². The second-order valence-electron chi connectivity index (χ2n) is 8.54. The van der Waals surface area contributed by atoms with Crippen LogP contribution < -0.4 is 9.47 Å². The molecule has 0 fully saturated rings. The number of carboxylic acid groups (broad SMARTS) is 1. The smallest absolute Gasteiger partial charge is 0.353 e. The lowest BCUT2D eigenvalue weighted by molar-refractivity contribution is 0.0687. The predicted octanol–water partition coefficient (Wildman–Crippen LogP) is 5.28. The molecule has 0 saturated carbocycles. The van der Waals surface area contributed by atoms with Gasteiger partial charge in [0, 0.05) is 24.5 Å². The molecule has 8 nitrogen and oxygen atoms in total. The Hall–Kier alpha value is -4.37. The van der Waals surface area contributed by atoms with E-state index in [0.29, 0.717) is 23.6 Å². The quantitative estimate of drug-likeness (QED) is 0.368. The third kappa shape index (κ3) is 2.88. The van der Waals surface area contributed by atoms with Crippen molar-refractivity contribution in [3.63, 3.8) is 0 Å². The van der Waals surface area contributed by atoms with Crippen LogP contribution in [-0.4, -0.2) is 35.8 Å². The SMILES string of the molecule is Cn1c2ccccc2c2c1c(-c1ccc3c(c1)OCO3)c(C(=O)O)n2Cc1ccc2nsnc2c1. The number of fused-ring (bicyclic) bond motifs is 5. The summed E-state index contributed by atoms with van der Waals surface area (Å²) >= 11 is 1.17. The van der Waals surface area contributed by atoms with Crippen LogP contribution in [0.2, 0.25) is 0 Å². The fourth-order valence-electron chi connectivity index (χ4n) is 5.11. The van der Waals surface area contributed by atoms with Crippen molar-refractivity contribution in [1.29, 1.82) is 0 Å². The summed E-state index contributed by atoms with van der Waals surface area (Å²) in [6.45, 7) is 0.535.